The Hall–Kier alpha value is -2.53. The zero-order valence-corrected chi connectivity index (χ0v) is 14.6. The highest BCUT2D eigenvalue weighted by Crippen LogP contribution is 2.31. The summed E-state index contributed by atoms with van der Waals surface area (Å²) in [5.74, 6) is 0.0980. The van der Waals surface area contributed by atoms with Crippen LogP contribution in [0.5, 0.6) is 5.75 Å². The number of halogens is 1. The van der Waals surface area contributed by atoms with Crippen LogP contribution in [0.3, 0.4) is 0 Å². The SMILES string of the molecule is COc1ccccc1CNC(=O)[C@@H]1CC(=O)N(c2ccccc2Cl)C1. The zero-order chi connectivity index (χ0) is 17.8. The van der Waals surface area contributed by atoms with Crippen LogP contribution in [-0.2, 0) is 16.1 Å². The van der Waals surface area contributed by atoms with E-state index in [4.69, 9.17) is 16.3 Å². The van der Waals surface area contributed by atoms with E-state index in [2.05, 4.69) is 5.32 Å². The van der Waals surface area contributed by atoms with E-state index in [-0.39, 0.29) is 18.2 Å². The molecule has 1 fully saturated rings. The van der Waals surface area contributed by atoms with Crippen LogP contribution in [0, 0.1) is 5.92 Å². The Morgan fingerprint density at radius 2 is 1.96 bits per heavy atom. The quantitative estimate of drug-likeness (QED) is 0.893. The highest BCUT2D eigenvalue weighted by atomic mass is 35.5. The molecule has 2 amide bonds. The summed E-state index contributed by atoms with van der Waals surface area (Å²) in [4.78, 5) is 26.3. The van der Waals surface area contributed by atoms with Crippen molar-refractivity contribution in [1.82, 2.24) is 5.32 Å². The molecule has 0 aliphatic carbocycles. The van der Waals surface area contributed by atoms with Gasteiger partial charge in [-0.05, 0) is 18.2 Å². The Bertz CT molecular complexity index is 794. The summed E-state index contributed by atoms with van der Waals surface area (Å²) in [5, 5.41) is 3.40. The molecule has 0 aromatic heterocycles. The number of anilines is 1. The van der Waals surface area contributed by atoms with Gasteiger partial charge in [0.1, 0.15) is 5.75 Å². The first kappa shape index (κ1) is 17.3. The number of carbonyl (C=O) groups is 2. The summed E-state index contributed by atoms with van der Waals surface area (Å²) in [5.41, 5.74) is 1.54. The van der Waals surface area contributed by atoms with Gasteiger partial charge < -0.3 is 15.0 Å². The summed E-state index contributed by atoms with van der Waals surface area (Å²) in [6, 6.07) is 14.7. The molecule has 0 spiro atoms. The number of methoxy groups -OCH3 is 1. The molecule has 1 saturated heterocycles. The van der Waals surface area contributed by atoms with Crippen LogP contribution in [0.2, 0.25) is 5.02 Å². The van der Waals surface area contributed by atoms with Crippen LogP contribution in [0.15, 0.2) is 48.5 Å². The fourth-order valence-corrected chi connectivity index (χ4v) is 3.20. The van der Waals surface area contributed by atoms with Gasteiger partial charge in [-0.1, -0.05) is 41.9 Å². The van der Waals surface area contributed by atoms with Gasteiger partial charge in [0.05, 0.1) is 23.7 Å². The second kappa shape index (κ2) is 7.57. The van der Waals surface area contributed by atoms with Crippen LogP contribution in [0.4, 0.5) is 5.69 Å². The standard InChI is InChI=1S/C19H19ClN2O3/c1-25-17-9-5-2-6-13(17)11-21-19(24)14-10-18(23)22(12-14)16-8-4-3-7-15(16)20/h2-9,14H,10-12H2,1H3,(H,21,24)/t14-/m1/s1. The number of ether oxygens (including phenoxy) is 1. The molecule has 0 unspecified atom stereocenters. The predicted octanol–water partition coefficient (Wildman–Crippen LogP) is 3.02. The van der Waals surface area contributed by atoms with Gasteiger partial charge in [-0.15, -0.1) is 0 Å². The van der Waals surface area contributed by atoms with Crippen molar-refractivity contribution in [2.45, 2.75) is 13.0 Å². The van der Waals surface area contributed by atoms with E-state index >= 15 is 0 Å². The van der Waals surface area contributed by atoms with Gasteiger partial charge in [-0.25, -0.2) is 0 Å². The Labute approximate surface area is 151 Å². The summed E-state index contributed by atoms with van der Waals surface area (Å²) in [7, 11) is 1.60. The number of benzene rings is 2. The summed E-state index contributed by atoms with van der Waals surface area (Å²) in [6.45, 7) is 0.694. The maximum atomic E-state index is 12.5. The van der Waals surface area contributed by atoms with Gasteiger partial charge in [0, 0.05) is 25.1 Å². The molecular formula is C19H19ClN2O3. The van der Waals surface area contributed by atoms with E-state index in [9.17, 15) is 9.59 Å². The second-order valence-electron chi connectivity index (χ2n) is 5.89. The van der Waals surface area contributed by atoms with Gasteiger partial charge in [-0.2, -0.15) is 0 Å². The highest BCUT2D eigenvalue weighted by Gasteiger charge is 2.35. The Morgan fingerprint density at radius 1 is 1.24 bits per heavy atom. The van der Waals surface area contributed by atoms with E-state index in [1.807, 2.05) is 36.4 Å². The number of hydrogen-bond donors (Lipinski definition) is 1. The fourth-order valence-electron chi connectivity index (χ4n) is 2.96. The smallest absolute Gasteiger partial charge is 0.227 e. The third-order valence-electron chi connectivity index (χ3n) is 4.28. The second-order valence-corrected chi connectivity index (χ2v) is 6.29. The number of carbonyl (C=O) groups excluding carboxylic acids is 2. The maximum Gasteiger partial charge on any atom is 0.227 e. The van der Waals surface area contributed by atoms with Crippen LogP contribution >= 0.6 is 11.6 Å². The third-order valence-corrected chi connectivity index (χ3v) is 4.60. The van der Waals surface area contributed by atoms with Gasteiger partial charge in [-0.3, -0.25) is 9.59 Å². The van der Waals surface area contributed by atoms with Gasteiger partial charge >= 0.3 is 0 Å². The van der Waals surface area contributed by atoms with E-state index in [1.165, 1.54) is 0 Å². The van der Waals surface area contributed by atoms with Crippen LogP contribution in [0.25, 0.3) is 0 Å². The van der Waals surface area contributed by atoms with Crippen LogP contribution in [-0.4, -0.2) is 25.5 Å². The number of para-hydroxylation sites is 2. The van der Waals surface area contributed by atoms with Crippen molar-refractivity contribution in [3.05, 3.63) is 59.1 Å². The Balaban J connectivity index is 1.64. The monoisotopic (exact) mass is 358 g/mol. The van der Waals surface area contributed by atoms with Crippen molar-refractivity contribution in [3.63, 3.8) is 0 Å². The average Bonchev–Trinajstić information content (AvgIpc) is 3.02. The van der Waals surface area contributed by atoms with Crippen molar-refractivity contribution in [3.8, 4) is 5.75 Å². The fraction of sp³-hybridized carbons (Fsp3) is 0.263. The molecule has 6 heteroatoms. The molecule has 2 aromatic rings. The summed E-state index contributed by atoms with van der Waals surface area (Å²) < 4.78 is 5.28. The average molecular weight is 359 g/mol. The maximum absolute atomic E-state index is 12.5. The summed E-state index contributed by atoms with van der Waals surface area (Å²) in [6.07, 6.45) is 0.184. The van der Waals surface area contributed by atoms with Crippen molar-refractivity contribution in [2.24, 2.45) is 5.92 Å². The first-order chi connectivity index (χ1) is 12.1. The highest BCUT2D eigenvalue weighted by molar-refractivity contribution is 6.33. The van der Waals surface area contributed by atoms with Gasteiger partial charge in [0.15, 0.2) is 0 Å². The van der Waals surface area contributed by atoms with Gasteiger partial charge in [0.25, 0.3) is 0 Å². The molecule has 1 aliphatic heterocycles. The minimum Gasteiger partial charge on any atom is -0.496 e. The van der Waals surface area contributed by atoms with Crippen molar-refractivity contribution < 1.29 is 14.3 Å². The predicted molar refractivity (Wildman–Crippen MR) is 96.8 cm³/mol. The topological polar surface area (TPSA) is 58.6 Å². The van der Waals surface area contributed by atoms with Crippen LogP contribution < -0.4 is 15.0 Å². The Morgan fingerprint density at radius 3 is 2.72 bits per heavy atom. The van der Waals surface area contributed by atoms with E-state index in [1.54, 1.807) is 24.1 Å². The normalized spacial score (nSPS) is 16.8. The lowest BCUT2D eigenvalue weighted by molar-refractivity contribution is -0.126. The first-order valence-electron chi connectivity index (χ1n) is 8.04. The number of rotatable bonds is 5. The molecule has 2 aromatic carbocycles. The Kier molecular flexibility index (Phi) is 5.24. The molecule has 5 nitrogen and oxygen atoms in total. The number of nitrogens with zero attached hydrogens (tertiary/aromatic N) is 1. The molecule has 1 atom stereocenters. The largest absolute Gasteiger partial charge is 0.496 e. The molecular weight excluding hydrogens is 340 g/mol. The minimum absolute atomic E-state index is 0.0921. The first-order valence-corrected chi connectivity index (χ1v) is 8.42. The van der Waals surface area contributed by atoms with E-state index < -0.39 is 5.92 Å². The molecule has 1 heterocycles. The lowest BCUT2D eigenvalue weighted by Gasteiger charge is -2.18. The molecule has 1 aliphatic rings. The minimum atomic E-state index is -0.390. The number of amides is 2. The number of hydrogen-bond acceptors (Lipinski definition) is 3. The van der Waals surface area contributed by atoms with Crippen LogP contribution in [0.1, 0.15) is 12.0 Å². The van der Waals surface area contributed by atoms with E-state index in [0.29, 0.717) is 23.8 Å². The van der Waals surface area contributed by atoms with E-state index in [0.717, 1.165) is 11.3 Å². The molecule has 0 saturated carbocycles. The molecule has 0 radical (unpaired) electrons. The molecule has 1 N–H and O–H groups in total. The molecule has 25 heavy (non-hydrogen) atoms. The van der Waals surface area contributed by atoms with Crippen molar-refractivity contribution in [2.75, 3.05) is 18.6 Å². The van der Waals surface area contributed by atoms with Gasteiger partial charge in [0.2, 0.25) is 11.8 Å². The molecule has 3 rings (SSSR count). The molecule has 130 valence electrons. The third kappa shape index (κ3) is 3.77. The lowest BCUT2D eigenvalue weighted by atomic mass is 10.1. The lowest BCUT2D eigenvalue weighted by Crippen LogP contribution is -2.32. The number of nitrogens with one attached hydrogen (secondary N) is 1. The zero-order valence-electron chi connectivity index (χ0n) is 13.9. The molecule has 0 bridgehead atoms. The summed E-state index contributed by atoms with van der Waals surface area (Å²) >= 11 is 6.16. The van der Waals surface area contributed by atoms with Crippen molar-refractivity contribution >= 4 is 29.1 Å². The van der Waals surface area contributed by atoms with Crippen molar-refractivity contribution in [1.29, 1.82) is 0 Å².